The second-order valence-electron chi connectivity index (χ2n) is 5.58. The molecule has 1 heterocycles. The lowest BCUT2D eigenvalue weighted by atomic mass is 10.3. The summed E-state index contributed by atoms with van der Waals surface area (Å²) in [5, 5.41) is 9.79. The van der Waals surface area contributed by atoms with E-state index < -0.39 is 10.0 Å². The molecule has 0 aliphatic heterocycles. The van der Waals surface area contributed by atoms with Crippen molar-refractivity contribution in [2.75, 3.05) is 6.54 Å². The Morgan fingerprint density at radius 2 is 2.21 bits per heavy atom. The number of nitrogens with one attached hydrogen (secondary N) is 3. The van der Waals surface area contributed by atoms with Crippen molar-refractivity contribution >= 4 is 10.0 Å². The number of aromatic amines is 1. The molecule has 7 heteroatoms. The highest BCUT2D eigenvalue weighted by atomic mass is 32.2. The molecule has 0 bridgehead atoms. The van der Waals surface area contributed by atoms with Gasteiger partial charge in [-0.15, -0.1) is 0 Å². The van der Waals surface area contributed by atoms with Gasteiger partial charge in [0.25, 0.3) is 10.0 Å². The molecule has 3 N–H and O–H groups in total. The van der Waals surface area contributed by atoms with E-state index in [4.69, 9.17) is 0 Å². The Morgan fingerprint density at radius 1 is 1.53 bits per heavy atom. The molecule has 6 nitrogen and oxygen atoms in total. The Morgan fingerprint density at radius 3 is 2.79 bits per heavy atom. The van der Waals surface area contributed by atoms with Crippen LogP contribution in [0.1, 0.15) is 32.8 Å². The molecule has 0 aromatic carbocycles. The number of hydrogen-bond acceptors (Lipinski definition) is 4. The van der Waals surface area contributed by atoms with Crippen molar-refractivity contribution in [3.8, 4) is 0 Å². The van der Waals surface area contributed by atoms with Crippen LogP contribution in [0.15, 0.2) is 11.2 Å². The van der Waals surface area contributed by atoms with Crippen molar-refractivity contribution in [1.29, 1.82) is 0 Å². The molecule has 2 rings (SSSR count). The van der Waals surface area contributed by atoms with E-state index >= 15 is 0 Å². The summed E-state index contributed by atoms with van der Waals surface area (Å²) in [6, 6.07) is 0.297. The van der Waals surface area contributed by atoms with Crippen molar-refractivity contribution in [2.24, 2.45) is 11.8 Å². The molecular weight excluding hydrogens is 264 g/mol. The maximum atomic E-state index is 12.2. The van der Waals surface area contributed by atoms with Gasteiger partial charge in [-0.1, -0.05) is 20.8 Å². The van der Waals surface area contributed by atoms with Gasteiger partial charge < -0.3 is 5.32 Å². The van der Waals surface area contributed by atoms with E-state index in [9.17, 15) is 8.42 Å². The van der Waals surface area contributed by atoms with Crippen molar-refractivity contribution in [3.05, 3.63) is 11.8 Å². The number of aromatic nitrogens is 2. The normalized spacial score (nSPS) is 22.9. The molecule has 19 heavy (non-hydrogen) atoms. The average Bonchev–Trinajstić information content (AvgIpc) is 2.85. The summed E-state index contributed by atoms with van der Waals surface area (Å²) in [5.41, 5.74) is 0.671. The first-order valence-corrected chi connectivity index (χ1v) is 8.13. The van der Waals surface area contributed by atoms with Crippen LogP contribution in [-0.4, -0.2) is 31.2 Å². The lowest BCUT2D eigenvalue weighted by molar-refractivity contribution is 0.560. The number of sulfonamides is 1. The molecule has 0 amide bonds. The molecule has 1 aromatic rings. The van der Waals surface area contributed by atoms with E-state index in [0.29, 0.717) is 36.5 Å². The molecule has 1 aromatic heterocycles. The minimum absolute atomic E-state index is 0.175. The quantitative estimate of drug-likeness (QED) is 0.693. The molecule has 1 aliphatic rings. The Labute approximate surface area is 114 Å². The zero-order valence-electron chi connectivity index (χ0n) is 11.6. The smallest absolute Gasteiger partial charge is 0.257 e. The Balaban J connectivity index is 2.00. The standard InChI is InChI=1S/C12H22N4O2S/c1-8(2)13-5-11-6-14-16-12(11)19(17,18)15-7-10-4-9(10)3/h6,8-10,13,15H,4-5,7H2,1-3H3,(H,14,16). The van der Waals surface area contributed by atoms with Crippen LogP contribution in [0.25, 0.3) is 0 Å². The van der Waals surface area contributed by atoms with Gasteiger partial charge in [0.05, 0.1) is 6.20 Å². The molecule has 1 saturated carbocycles. The molecule has 1 aliphatic carbocycles. The van der Waals surface area contributed by atoms with Crippen molar-refractivity contribution in [3.63, 3.8) is 0 Å². The first-order valence-electron chi connectivity index (χ1n) is 6.65. The average molecular weight is 286 g/mol. The van der Waals surface area contributed by atoms with Gasteiger partial charge in [-0.05, 0) is 18.3 Å². The highest BCUT2D eigenvalue weighted by molar-refractivity contribution is 7.89. The fourth-order valence-electron chi connectivity index (χ4n) is 1.94. The first-order chi connectivity index (χ1) is 8.90. The van der Waals surface area contributed by atoms with E-state index in [0.717, 1.165) is 6.42 Å². The summed E-state index contributed by atoms with van der Waals surface area (Å²) in [6.45, 7) is 7.17. The van der Waals surface area contributed by atoms with Gasteiger partial charge in [0, 0.05) is 24.7 Å². The predicted molar refractivity (Wildman–Crippen MR) is 73.0 cm³/mol. The van der Waals surface area contributed by atoms with Crippen molar-refractivity contribution < 1.29 is 8.42 Å². The Kier molecular flexibility index (Phi) is 4.27. The van der Waals surface area contributed by atoms with Crippen LogP contribution in [0.4, 0.5) is 0 Å². The van der Waals surface area contributed by atoms with Crippen LogP contribution in [0.2, 0.25) is 0 Å². The number of nitrogens with zero attached hydrogens (tertiary/aromatic N) is 1. The van der Waals surface area contributed by atoms with Gasteiger partial charge in [-0.3, -0.25) is 5.10 Å². The third-order valence-corrected chi connectivity index (χ3v) is 4.90. The lowest BCUT2D eigenvalue weighted by Crippen LogP contribution is -2.29. The van der Waals surface area contributed by atoms with Gasteiger partial charge in [-0.25, -0.2) is 13.1 Å². The van der Waals surface area contributed by atoms with E-state index in [-0.39, 0.29) is 5.03 Å². The summed E-state index contributed by atoms with van der Waals surface area (Å²) < 4.78 is 27.0. The highest BCUT2D eigenvalue weighted by Gasteiger charge is 2.34. The summed E-state index contributed by atoms with van der Waals surface area (Å²) in [7, 11) is -3.48. The van der Waals surface area contributed by atoms with E-state index in [1.807, 2.05) is 13.8 Å². The lowest BCUT2D eigenvalue weighted by Gasteiger charge is -2.09. The van der Waals surface area contributed by atoms with Crippen LogP contribution in [0, 0.1) is 11.8 Å². The zero-order chi connectivity index (χ0) is 14.0. The van der Waals surface area contributed by atoms with Gasteiger partial charge in [0.2, 0.25) is 0 Å². The molecular formula is C12H22N4O2S. The molecule has 0 saturated heterocycles. The van der Waals surface area contributed by atoms with Gasteiger partial charge in [0.1, 0.15) is 0 Å². The van der Waals surface area contributed by atoms with E-state index in [1.54, 1.807) is 6.20 Å². The minimum Gasteiger partial charge on any atom is -0.310 e. The highest BCUT2D eigenvalue weighted by Crippen LogP contribution is 2.37. The number of hydrogen-bond donors (Lipinski definition) is 3. The van der Waals surface area contributed by atoms with Crippen LogP contribution in [0.5, 0.6) is 0 Å². The van der Waals surface area contributed by atoms with Crippen molar-refractivity contribution in [1.82, 2.24) is 20.2 Å². The monoisotopic (exact) mass is 286 g/mol. The fraction of sp³-hybridized carbons (Fsp3) is 0.750. The second kappa shape index (κ2) is 5.60. The van der Waals surface area contributed by atoms with Gasteiger partial charge >= 0.3 is 0 Å². The zero-order valence-corrected chi connectivity index (χ0v) is 12.4. The minimum atomic E-state index is -3.48. The largest absolute Gasteiger partial charge is 0.310 e. The SMILES string of the molecule is CC(C)NCc1cn[nH]c1S(=O)(=O)NCC1CC1C. The molecule has 0 radical (unpaired) electrons. The van der Waals surface area contributed by atoms with Crippen LogP contribution in [-0.2, 0) is 16.6 Å². The maximum absolute atomic E-state index is 12.2. The summed E-state index contributed by atoms with van der Waals surface area (Å²) in [4.78, 5) is 0. The summed E-state index contributed by atoms with van der Waals surface area (Å²) >= 11 is 0. The molecule has 1 fully saturated rings. The molecule has 2 atom stereocenters. The van der Waals surface area contributed by atoms with E-state index in [2.05, 4.69) is 27.2 Å². The Bertz CT molecular complexity index is 524. The third-order valence-electron chi connectivity index (χ3n) is 3.46. The number of rotatable bonds is 7. The van der Waals surface area contributed by atoms with E-state index in [1.165, 1.54) is 0 Å². The van der Waals surface area contributed by atoms with Crippen molar-refractivity contribution in [2.45, 2.75) is 44.8 Å². The summed E-state index contributed by atoms with van der Waals surface area (Å²) in [5.74, 6) is 1.11. The fourth-order valence-corrected chi connectivity index (χ4v) is 3.17. The maximum Gasteiger partial charge on any atom is 0.257 e. The topological polar surface area (TPSA) is 86.9 Å². The van der Waals surface area contributed by atoms with Gasteiger partial charge in [0.15, 0.2) is 5.03 Å². The predicted octanol–water partition coefficient (Wildman–Crippen LogP) is 0.842. The van der Waals surface area contributed by atoms with Crippen LogP contribution >= 0.6 is 0 Å². The van der Waals surface area contributed by atoms with Crippen LogP contribution < -0.4 is 10.0 Å². The Hall–Kier alpha value is -0.920. The molecule has 2 unspecified atom stereocenters. The molecule has 0 spiro atoms. The second-order valence-corrected chi connectivity index (χ2v) is 7.29. The van der Waals surface area contributed by atoms with Gasteiger partial charge in [-0.2, -0.15) is 5.10 Å². The van der Waals surface area contributed by atoms with Crippen LogP contribution in [0.3, 0.4) is 0 Å². The molecule has 108 valence electrons. The summed E-state index contributed by atoms with van der Waals surface area (Å²) in [6.07, 6.45) is 2.66. The third kappa shape index (κ3) is 3.77. The first kappa shape index (κ1) is 14.5. The number of H-pyrrole nitrogens is 1.